The number of methoxy groups -OCH3 is 2. The summed E-state index contributed by atoms with van der Waals surface area (Å²) in [6, 6.07) is 5.92. The zero-order valence-electron chi connectivity index (χ0n) is 17.8. The maximum absolute atomic E-state index is 11.1. The van der Waals surface area contributed by atoms with Gasteiger partial charge in [0, 0.05) is 62.1 Å². The molecule has 0 amide bonds. The Morgan fingerprint density at radius 3 is 2.35 bits per heavy atom. The third-order valence-electron chi connectivity index (χ3n) is 5.08. The van der Waals surface area contributed by atoms with Crippen LogP contribution in [0.2, 0.25) is 0 Å². The van der Waals surface area contributed by atoms with Crippen LogP contribution in [0.25, 0.3) is 10.9 Å². The van der Waals surface area contributed by atoms with Crippen molar-refractivity contribution in [2.24, 2.45) is 5.14 Å². The Morgan fingerprint density at radius 1 is 1.23 bits per heavy atom. The first-order valence-electron chi connectivity index (χ1n) is 9.59. The van der Waals surface area contributed by atoms with E-state index >= 15 is 0 Å². The largest absolute Gasteiger partial charge is 0.493 e. The van der Waals surface area contributed by atoms with Crippen LogP contribution in [0.3, 0.4) is 0 Å². The Balaban J connectivity index is 0.00000107. The first-order valence-corrected chi connectivity index (χ1v) is 11.1. The maximum Gasteiger partial charge on any atom is 0.290 e. The molecule has 0 spiro atoms. The number of benzene rings is 1. The summed E-state index contributed by atoms with van der Waals surface area (Å²) in [5, 5.41) is 12.9. The SMILES string of the molecule is COc1cc2nccc(N3CCN(C(C)CNS(N)(=O)=O)CC3)c2cc1OC.O=CO. The van der Waals surface area contributed by atoms with Gasteiger partial charge in [0.15, 0.2) is 11.5 Å². The molecule has 3 rings (SSSR count). The van der Waals surface area contributed by atoms with Crippen LogP contribution in [-0.2, 0) is 15.0 Å². The molecule has 4 N–H and O–H groups in total. The highest BCUT2D eigenvalue weighted by molar-refractivity contribution is 7.87. The molecule has 1 aliphatic heterocycles. The van der Waals surface area contributed by atoms with Crippen LogP contribution >= 0.6 is 0 Å². The van der Waals surface area contributed by atoms with E-state index in [9.17, 15) is 8.42 Å². The average Bonchev–Trinajstić information content (AvgIpc) is 2.76. The van der Waals surface area contributed by atoms with Gasteiger partial charge >= 0.3 is 0 Å². The number of rotatable bonds is 7. The number of nitrogens with one attached hydrogen (secondary N) is 1. The fourth-order valence-corrected chi connectivity index (χ4v) is 3.98. The maximum atomic E-state index is 11.1. The van der Waals surface area contributed by atoms with Crippen LogP contribution < -0.4 is 24.2 Å². The standard InChI is InChI=1S/C18H27N5O4S.CH2O2/c1-13(12-21-28(19,24)25)22-6-8-23(9-7-22)16-4-5-20-15-11-18(27-3)17(26-2)10-14(15)16;2-1-3/h4-5,10-11,13,21H,6-9,12H2,1-3H3,(H2,19,24,25);1H,(H,2,3). The minimum absolute atomic E-state index is 0.0685. The van der Waals surface area contributed by atoms with Crippen LogP contribution in [0.5, 0.6) is 11.5 Å². The van der Waals surface area contributed by atoms with Gasteiger partial charge in [-0.3, -0.25) is 14.7 Å². The molecule has 31 heavy (non-hydrogen) atoms. The third kappa shape index (κ3) is 6.66. The van der Waals surface area contributed by atoms with Crippen molar-refractivity contribution in [3.63, 3.8) is 0 Å². The topological polar surface area (TPSA) is 147 Å². The van der Waals surface area contributed by atoms with Gasteiger partial charge < -0.3 is 19.5 Å². The van der Waals surface area contributed by atoms with Gasteiger partial charge in [-0.2, -0.15) is 8.42 Å². The number of fused-ring (bicyclic) bond motifs is 1. The van der Waals surface area contributed by atoms with Crippen molar-refractivity contribution >= 4 is 33.3 Å². The minimum Gasteiger partial charge on any atom is -0.493 e. The van der Waals surface area contributed by atoms with E-state index < -0.39 is 10.2 Å². The summed E-state index contributed by atoms with van der Waals surface area (Å²) < 4.78 is 35.4. The van der Waals surface area contributed by atoms with Crippen LogP contribution in [0.15, 0.2) is 24.4 Å². The van der Waals surface area contributed by atoms with E-state index in [0.717, 1.165) is 42.8 Å². The molecule has 11 nitrogen and oxygen atoms in total. The lowest BCUT2D eigenvalue weighted by molar-refractivity contribution is -0.122. The molecule has 12 heteroatoms. The molecule has 2 heterocycles. The van der Waals surface area contributed by atoms with Gasteiger partial charge in [-0.15, -0.1) is 0 Å². The molecule has 1 fully saturated rings. The Kier molecular flexibility index (Phi) is 8.80. The second-order valence-corrected chi connectivity index (χ2v) is 8.30. The van der Waals surface area contributed by atoms with Crippen molar-refractivity contribution < 1.29 is 27.8 Å². The number of aromatic nitrogens is 1. The lowest BCUT2D eigenvalue weighted by Crippen LogP contribution is -2.52. The van der Waals surface area contributed by atoms with Crippen molar-refractivity contribution in [1.29, 1.82) is 0 Å². The molecule has 2 aromatic rings. The van der Waals surface area contributed by atoms with Gasteiger partial charge in [-0.1, -0.05) is 0 Å². The zero-order valence-corrected chi connectivity index (χ0v) is 18.6. The highest BCUT2D eigenvalue weighted by Gasteiger charge is 2.23. The molecular formula is C19H29N5O6S. The fourth-order valence-electron chi connectivity index (χ4n) is 3.50. The number of pyridine rings is 1. The van der Waals surface area contributed by atoms with Crippen molar-refractivity contribution in [3.05, 3.63) is 24.4 Å². The van der Waals surface area contributed by atoms with E-state index in [2.05, 4.69) is 19.5 Å². The summed E-state index contributed by atoms with van der Waals surface area (Å²) in [6.07, 6.45) is 1.80. The number of nitrogens with zero attached hydrogens (tertiary/aromatic N) is 3. The minimum atomic E-state index is -3.66. The van der Waals surface area contributed by atoms with Gasteiger partial charge in [0.2, 0.25) is 0 Å². The molecule has 1 aromatic carbocycles. The summed E-state index contributed by atoms with van der Waals surface area (Å²) in [7, 11) is -0.434. The first-order chi connectivity index (χ1) is 14.7. The highest BCUT2D eigenvalue weighted by Crippen LogP contribution is 2.35. The molecule has 1 saturated heterocycles. The fraction of sp³-hybridized carbons (Fsp3) is 0.474. The van der Waals surface area contributed by atoms with Crippen LogP contribution in [0.1, 0.15) is 6.92 Å². The summed E-state index contributed by atoms with van der Waals surface area (Å²) >= 11 is 0. The first kappa shape index (κ1) is 24.6. The highest BCUT2D eigenvalue weighted by atomic mass is 32.2. The molecule has 1 unspecified atom stereocenters. The van der Waals surface area contributed by atoms with Crippen LogP contribution in [0, 0.1) is 0 Å². The van der Waals surface area contributed by atoms with Crippen LogP contribution in [-0.4, -0.2) is 82.9 Å². The van der Waals surface area contributed by atoms with Gasteiger partial charge in [0.05, 0.1) is 19.7 Å². The second-order valence-electron chi connectivity index (χ2n) is 6.93. The van der Waals surface area contributed by atoms with Crippen molar-refractivity contribution in [3.8, 4) is 11.5 Å². The second kappa shape index (κ2) is 11.1. The Hall–Kier alpha value is -2.67. The molecule has 0 saturated carbocycles. The van der Waals surface area contributed by atoms with E-state index in [4.69, 9.17) is 24.5 Å². The van der Waals surface area contributed by atoms with Crippen LogP contribution in [0.4, 0.5) is 5.69 Å². The quantitative estimate of drug-likeness (QED) is 0.500. The van der Waals surface area contributed by atoms with Crippen molar-refractivity contribution in [2.45, 2.75) is 13.0 Å². The molecule has 172 valence electrons. The normalized spacial score (nSPS) is 15.7. The summed E-state index contributed by atoms with van der Waals surface area (Å²) in [5.41, 5.74) is 1.95. The number of nitrogens with two attached hydrogens (primary N) is 1. The third-order valence-corrected chi connectivity index (χ3v) is 5.65. The molecular weight excluding hydrogens is 426 g/mol. The monoisotopic (exact) mass is 455 g/mol. The van der Waals surface area contributed by atoms with E-state index in [1.807, 2.05) is 25.1 Å². The number of ether oxygens (including phenoxy) is 2. The summed E-state index contributed by atoms with van der Waals surface area (Å²) in [5.74, 6) is 1.33. The smallest absolute Gasteiger partial charge is 0.290 e. The Morgan fingerprint density at radius 2 is 1.81 bits per heavy atom. The van der Waals surface area contributed by atoms with Gasteiger partial charge in [0.25, 0.3) is 16.7 Å². The summed E-state index contributed by atoms with van der Waals surface area (Å²) in [4.78, 5) is 17.4. The van der Waals surface area contributed by atoms with E-state index in [0.29, 0.717) is 18.0 Å². The number of piperazine rings is 1. The predicted octanol–water partition coefficient (Wildman–Crippen LogP) is 0.256. The zero-order chi connectivity index (χ0) is 23.0. The average molecular weight is 456 g/mol. The summed E-state index contributed by atoms with van der Waals surface area (Å²) in [6.45, 7) is 5.34. The van der Waals surface area contributed by atoms with Gasteiger partial charge in [-0.05, 0) is 19.1 Å². The molecule has 0 radical (unpaired) electrons. The Labute approximate surface area is 181 Å². The lowest BCUT2D eigenvalue weighted by atomic mass is 10.1. The number of hydrogen-bond donors (Lipinski definition) is 3. The molecule has 0 aliphatic carbocycles. The molecule has 1 atom stereocenters. The lowest BCUT2D eigenvalue weighted by Gasteiger charge is -2.39. The molecule has 0 bridgehead atoms. The number of anilines is 1. The van der Waals surface area contributed by atoms with E-state index in [-0.39, 0.29) is 12.5 Å². The molecule has 1 aromatic heterocycles. The van der Waals surface area contributed by atoms with Gasteiger partial charge in [0.1, 0.15) is 0 Å². The molecule has 1 aliphatic rings. The van der Waals surface area contributed by atoms with Crippen molar-refractivity contribution in [2.75, 3.05) is 51.8 Å². The number of carboxylic acid groups (broad SMARTS) is 1. The van der Waals surface area contributed by atoms with E-state index in [1.54, 1.807) is 20.4 Å². The number of carbonyl (C=O) groups is 1. The predicted molar refractivity (Wildman–Crippen MR) is 118 cm³/mol. The Bertz CT molecular complexity index is 979. The number of hydrogen-bond acceptors (Lipinski definition) is 8. The van der Waals surface area contributed by atoms with E-state index in [1.165, 1.54) is 0 Å². The van der Waals surface area contributed by atoms with Crippen molar-refractivity contribution in [1.82, 2.24) is 14.6 Å². The van der Waals surface area contributed by atoms with Gasteiger partial charge in [-0.25, -0.2) is 9.86 Å².